The van der Waals surface area contributed by atoms with Crippen molar-refractivity contribution >= 4 is 21.4 Å². The van der Waals surface area contributed by atoms with Gasteiger partial charge in [0.2, 0.25) is 0 Å². The van der Waals surface area contributed by atoms with Crippen molar-refractivity contribution in [3.8, 4) is 0 Å². The topological polar surface area (TPSA) is 49.4 Å². The third-order valence-electron chi connectivity index (χ3n) is 3.71. The van der Waals surface area contributed by atoms with Crippen LogP contribution in [0.15, 0.2) is 16.3 Å². The highest BCUT2D eigenvalue weighted by Crippen LogP contribution is 2.34. The van der Waals surface area contributed by atoms with Gasteiger partial charge in [0.05, 0.1) is 0 Å². The van der Waals surface area contributed by atoms with Gasteiger partial charge in [-0.3, -0.25) is 0 Å². The van der Waals surface area contributed by atoms with Gasteiger partial charge in [0, 0.05) is 17.5 Å². The van der Waals surface area contributed by atoms with Crippen molar-refractivity contribution in [2.75, 3.05) is 19.6 Å². The fourth-order valence-electron chi connectivity index (χ4n) is 2.28. The molecule has 0 atom stereocenters. The number of hydrogen-bond donors (Lipinski definition) is 1. The molecular weight excluding hydrogens is 304 g/mol. The Kier molecular flexibility index (Phi) is 5.82. The Morgan fingerprint density at radius 1 is 1.38 bits per heavy atom. The molecule has 0 radical (unpaired) electrons. The van der Waals surface area contributed by atoms with Gasteiger partial charge in [-0.2, -0.15) is 4.31 Å². The molecule has 0 bridgehead atoms. The summed E-state index contributed by atoms with van der Waals surface area (Å²) < 4.78 is 27.8. The molecular formula is C15H26N2O2S2. The molecule has 0 unspecified atom stereocenters. The number of likely N-dealkylation sites (N-methyl/N-ethyl adjacent to an activating group) is 1. The summed E-state index contributed by atoms with van der Waals surface area (Å²) in [5.74, 6) is 0.565. The van der Waals surface area contributed by atoms with Crippen molar-refractivity contribution in [1.29, 1.82) is 0 Å². The lowest BCUT2D eigenvalue weighted by atomic mass is 10.3. The van der Waals surface area contributed by atoms with Gasteiger partial charge < -0.3 is 5.32 Å². The minimum Gasteiger partial charge on any atom is -0.317 e. The second kappa shape index (κ2) is 7.22. The van der Waals surface area contributed by atoms with Crippen LogP contribution in [0.4, 0.5) is 0 Å². The fourth-order valence-corrected chi connectivity index (χ4v) is 5.47. The van der Waals surface area contributed by atoms with E-state index in [0.29, 0.717) is 16.7 Å². The first kappa shape index (κ1) is 16.9. The summed E-state index contributed by atoms with van der Waals surface area (Å²) in [5, 5.41) is 3.27. The van der Waals surface area contributed by atoms with Crippen LogP contribution < -0.4 is 5.32 Å². The van der Waals surface area contributed by atoms with Crippen LogP contribution in [-0.2, 0) is 16.4 Å². The molecule has 1 N–H and O–H groups in total. The second-order valence-electron chi connectivity index (χ2n) is 5.94. The predicted molar refractivity (Wildman–Crippen MR) is 88.3 cm³/mol. The van der Waals surface area contributed by atoms with Crippen LogP contribution in [0.25, 0.3) is 0 Å². The van der Waals surface area contributed by atoms with E-state index in [9.17, 15) is 8.42 Å². The van der Waals surface area contributed by atoms with Crippen molar-refractivity contribution in [3.05, 3.63) is 17.0 Å². The standard InChI is InChI=1S/C15H26N2O2S2/c1-4-16-10-9-14-7-8-15(20-14)21(18,19)17(12(2)3)11-13-5-6-13/h7-8,12-13,16H,4-6,9-11H2,1-3H3. The Morgan fingerprint density at radius 3 is 2.67 bits per heavy atom. The Bertz CT molecular complexity index is 548. The van der Waals surface area contributed by atoms with Crippen molar-refractivity contribution in [2.24, 2.45) is 5.92 Å². The zero-order chi connectivity index (χ0) is 15.5. The summed E-state index contributed by atoms with van der Waals surface area (Å²) in [5.41, 5.74) is 0. The molecule has 1 heterocycles. The quantitative estimate of drug-likeness (QED) is 0.708. The first-order valence-electron chi connectivity index (χ1n) is 7.76. The summed E-state index contributed by atoms with van der Waals surface area (Å²) in [7, 11) is -3.33. The zero-order valence-electron chi connectivity index (χ0n) is 13.1. The second-order valence-corrected chi connectivity index (χ2v) is 9.22. The maximum Gasteiger partial charge on any atom is 0.252 e. The average molecular weight is 331 g/mol. The maximum absolute atomic E-state index is 12.8. The van der Waals surface area contributed by atoms with Gasteiger partial charge in [-0.1, -0.05) is 6.92 Å². The molecule has 1 fully saturated rings. The van der Waals surface area contributed by atoms with Crippen LogP contribution in [0.5, 0.6) is 0 Å². The molecule has 0 spiro atoms. The SMILES string of the molecule is CCNCCc1ccc(S(=O)(=O)N(CC2CC2)C(C)C)s1. The normalized spacial score (nSPS) is 16.0. The number of hydrogen-bond acceptors (Lipinski definition) is 4. The summed E-state index contributed by atoms with van der Waals surface area (Å²) in [6.07, 6.45) is 3.21. The van der Waals surface area contributed by atoms with Crippen molar-refractivity contribution in [3.63, 3.8) is 0 Å². The van der Waals surface area contributed by atoms with Gasteiger partial charge in [-0.05, 0) is 64.3 Å². The third-order valence-corrected chi connectivity index (χ3v) is 7.36. The third kappa shape index (κ3) is 4.52. The minimum atomic E-state index is -3.33. The molecule has 1 aromatic heterocycles. The zero-order valence-corrected chi connectivity index (χ0v) is 14.8. The predicted octanol–water partition coefficient (Wildman–Crippen LogP) is 2.71. The van der Waals surface area contributed by atoms with Gasteiger partial charge >= 0.3 is 0 Å². The number of thiophene rings is 1. The van der Waals surface area contributed by atoms with Crippen LogP contribution >= 0.6 is 11.3 Å². The molecule has 1 aromatic rings. The largest absolute Gasteiger partial charge is 0.317 e. The van der Waals surface area contributed by atoms with E-state index in [-0.39, 0.29) is 6.04 Å². The van der Waals surface area contributed by atoms with Crippen LogP contribution in [0.1, 0.15) is 38.5 Å². The fraction of sp³-hybridized carbons (Fsp3) is 0.733. The summed E-state index contributed by atoms with van der Waals surface area (Å²) in [6.45, 7) is 8.50. The van der Waals surface area contributed by atoms with Gasteiger partial charge in [0.25, 0.3) is 10.0 Å². The van der Waals surface area contributed by atoms with Crippen molar-refractivity contribution in [1.82, 2.24) is 9.62 Å². The van der Waals surface area contributed by atoms with Crippen LogP contribution in [0.3, 0.4) is 0 Å². The monoisotopic (exact) mass is 330 g/mol. The van der Waals surface area contributed by atoms with E-state index in [1.165, 1.54) is 11.3 Å². The van der Waals surface area contributed by atoms with Gasteiger partial charge in [0.1, 0.15) is 4.21 Å². The maximum atomic E-state index is 12.8. The molecule has 120 valence electrons. The number of nitrogens with zero attached hydrogens (tertiary/aromatic N) is 1. The summed E-state index contributed by atoms with van der Waals surface area (Å²) in [6, 6.07) is 3.73. The smallest absolute Gasteiger partial charge is 0.252 e. The van der Waals surface area contributed by atoms with Crippen LogP contribution in [-0.4, -0.2) is 38.4 Å². The van der Waals surface area contributed by atoms with Crippen LogP contribution in [0.2, 0.25) is 0 Å². The molecule has 0 amide bonds. The lowest BCUT2D eigenvalue weighted by molar-refractivity contribution is 0.342. The molecule has 21 heavy (non-hydrogen) atoms. The summed E-state index contributed by atoms with van der Waals surface area (Å²) in [4.78, 5) is 1.13. The number of sulfonamides is 1. The highest BCUT2D eigenvalue weighted by Gasteiger charge is 2.34. The van der Waals surface area contributed by atoms with E-state index in [0.717, 1.165) is 37.2 Å². The van der Waals surface area contributed by atoms with Crippen molar-refractivity contribution in [2.45, 2.75) is 50.3 Å². The molecule has 0 saturated heterocycles. The molecule has 0 aromatic carbocycles. The van der Waals surface area contributed by atoms with E-state index in [1.807, 2.05) is 19.9 Å². The van der Waals surface area contributed by atoms with Gasteiger partial charge in [-0.15, -0.1) is 11.3 Å². The molecule has 6 heteroatoms. The van der Waals surface area contributed by atoms with Gasteiger partial charge in [0.15, 0.2) is 0 Å². The van der Waals surface area contributed by atoms with E-state index in [4.69, 9.17) is 0 Å². The first-order chi connectivity index (χ1) is 9.95. The Labute approximate surface area is 132 Å². The highest BCUT2D eigenvalue weighted by atomic mass is 32.2. The van der Waals surface area contributed by atoms with Crippen LogP contribution in [0, 0.1) is 5.92 Å². The van der Waals surface area contributed by atoms with E-state index in [1.54, 1.807) is 10.4 Å². The first-order valence-corrected chi connectivity index (χ1v) is 10.0. The van der Waals surface area contributed by atoms with E-state index >= 15 is 0 Å². The molecule has 0 aliphatic heterocycles. The average Bonchev–Trinajstić information content (AvgIpc) is 3.12. The lowest BCUT2D eigenvalue weighted by Gasteiger charge is -2.25. The van der Waals surface area contributed by atoms with E-state index in [2.05, 4.69) is 12.2 Å². The van der Waals surface area contributed by atoms with E-state index < -0.39 is 10.0 Å². The molecule has 1 aliphatic rings. The van der Waals surface area contributed by atoms with Crippen molar-refractivity contribution < 1.29 is 8.42 Å². The van der Waals surface area contributed by atoms with Gasteiger partial charge in [-0.25, -0.2) is 8.42 Å². The Morgan fingerprint density at radius 2 is 2.10 bits per heavy atom. The Balaban J connectivity index is 2.09. The number of rotatable bonds is 9. The summed E-state index contributed by atoms with van der Waals surface area (Å²) >= 11 is 1.41. The minimum absolute atomic E-state index is 0.0166. The Hall–Kier alpha value is -0.430. The molecule has 4 nitrogen and oxygen atoms in total. The lowest BCUT2D eigenvalue weighted by Crippen LogP contribution is -2.38. The molecule has 1 saturated carbocycles. The number of nitrogens with one attached hydrogen (secondary N) is 1. The molecule has 2 rings (SSSR count). The highest BCUT2D eigenvalue weighted by molar-refractivity contribution is 7.91. The molecule has 1 aliphatic carbocycles.